The largest absolute Gasteiger partial charge is 0.470 e. The van der Waals surface area contributed by atoms with Gasteiger partial charge in [-0.2, -0.15) is 5.10 Å². The highest BCUT2D eigenvalue weighted by atomic mass is 35.5. The summed E-state index contributed by atoms with van der Waals surface area (Å²) in [7, 11) is 0. The van der Waals surface area contributed by atoms with Gasteiger partial charge in [-0.25, -0.2) is 4.68 Å². The number of aromatic nitrogens is 2. The van der Waals surface area contributed by atoms with Crippen molar-refractivity contribution in [3.8, 4) is 5.75 Å². The van der Waals surface area contributed by atoms with E-state index in [1.165, 1.54) is 0 Å². The van der Waals surface area contributed by atoms with Crippen molar-refractivity contribution in [3.63, 3.8) is 0 Å². The molecule has 1 aromatic heterocycles. The lowest BCUT2D eigenvalue weighted by Gasteiger charge is -2.07. The normalized spacial score (nSPS) is 9.76. The first-order valence-electron chi connectivity index (χ1n) is 4.51. The molecule has 0 fully saturated rings. The second kappa shape index (κ2) is 6.00. The first-order chi connectivity index (χ1) is 7.65. The van der Waals surface area contributed by atoms with E-state index < -0.39 is 0 Å². The zero-order chi connectivity index (χ0) is 11.5. The Morgan fingerprint density at radius 1 is 1.35 bits per heavy atom. The van der Waals surface area contributed by atoms with Crippen molar-refractivity contribution >= 4 is 41.3 Å². The van der Waals surface area contributed by atoms with Crippen molar-refractivity contribution in [2.24, 2.45) is 0 Å². The van der Waals surface area contributed by atoms with E-state index in [-0.39, 0.29) is 19.1 Å². The van der Waals surface area contributed by atoms with E-state index in [0.717, 1.165) is 0 Å². The quantitative estimate of drug-likeness (QED) is 0.945. The van der Waals surface area contributed by atoms with E-state index in [4.69, 9.17) is 33.7 Å². The van der Waals surface area contributed by atoms with Crippen LogP contribution in [0, 0.1) is 0 Å². The fourth-order valence-corrected chi connectivity index (χ4v) is 1.64. The Balaban J connectivity index is 0.00000144. The Labute approximate surface area is 115 Å². The van der Waals surface area contributed by atoms with Gasteiger partial charge in [0.25, 0.3) is 0 Å². The van der Waals surface area contributed by atoms with Crippen LogP contribution in [0.2, 0.25) is 10.0 Å². The van der Waals surface area contributed by atoms with Gasteiger partial charge in [0.05, 0.1) is 23.1 Å². The molecule has 1 aromatic carbocycles. The Bertz CT molecular complexity index is 501. The van der Waals surface area contributed by atoms with E-state index in [1.54, 1.807) is 35.3 Å². The average molecular weight is 295 g/mol. The SMILES string of the molecule is Cl.Nc1cnn(COc2ccc(Cl)cc2Cl)c1. The van der Waals surface area contributed by atoms with Crippen molar-refractivity contribution < 1.29 is 4.74 Å². The Morgan fingerprint density at radius 2 is 2.12 bits per heavy atom. The lowest BCUT2D eigenvalue weighted by Crippen LogP contribution is -2.05. The summed E-state index contributed by atoms with van der Waals surface area (Å²) in [6.07, 6.45) is 3.22. The molecule has 0 aliphatic carbocycles. The summed E-state index contributed by atoms with van der Waals surface area (Å²) in [6, 6.07) is 5.04. The van der Waals surface area contributed by atoms with Gasteiger partial charge in [0, 0.05) is 5.02 Å². The van der Waals surface area contributed by atoms with Gasteiger partial charge in [-0.05, 0) is 18.2 Å². The second-order valence-corrected chi connectivity index (χ2v) is 4.00. The lowest BCUT2D eigenvalue weighted by atomic mass is 10.3. The molecule has 4 nitrogen and oxygen atoms in total. The van der Waals surface area contributed by atoms with Gasteiger partial charge >= 0.3 is 0 Å². The maximum Gasteiger partial charge on any atom is 0.181 e. The smallest absolute Gasteiger partial charge is 0.181 e. The van der Waals surface area contributed by atoms with Gasteiger partial charge < -0.3 is 10.5 Å². The van der Waals surface area contributed by atoms with Crippen molar-refractivity contribution in [2.75, 3.05) is 5.73 Å². The third-order valence-corrected chi connectivity index (χ3v) is 2.43. The lowest BCUT2D eigenvalue weighted by molar-refractivity contribution is 0.221. The summed E-state index contributed by atoms with van der Waals surface area (Å²) >= 11 is 11.7. The minimum atomic E-state index is 0. The molecule has 0 amide bonds. The van der Waals surface area contributed by atoms with Crippen molar-refractivity contribution in [2.45, 2.75) is 6.73 Å². The van der Waals surface area contributed by atoms with E-state index in [1.807, 2.05) is 0 Å². The minimum Gasteiger partial charge on any atom is -0.470 e. The van der Waals surface area contributed by atoms with E-state index in [9.17, 15) is 0 Å². The summed E-state index contributed by atoms with van der Waals surface area (Å²) in [5, 5.41) is 5.01. The number of benzene rings is 1. The fourth-order valence-electron chi connectivity index (χ4n) is 1.18. The van der Waals surface area contributed by atoms with Gasteiger partial charge in [-0.15, -0.1) is 12.4 Å². The van der Waals surface area contributed by atoms with Crippen LogP contribution in [0.4, 0.5) is 5.69 Å². The number of anilines is 1. The van der Waals surface area contributed by atoms with Crippen LogP contribution in [0.5, 0.6) is 5.75 Å². The molecular weight excluding hydrogens is 284 g/mol. The highest BCUT2D eigenvalue weighted by molar-refractivity contribution is 6.35. The van der Waals surface area contributed by atoms with Gasteiger partial charge in [-0.3, -0.25) is 0 Å². The average Bonchev–Trinajstić information content (AvgIpc) is 2.63. The third-order valence-electron chi connectivity index (χ3n) is 1.90. The molecule has 0 radical (unpaired) electrons. The summed E-state index contributed by atoms with van der Waals surface area (Å²) in [5.41, 5.74) is 6.10. The molecular formula is C10H10Cl3N3O. The van der Waals surface area contributed by atoms with Crippen LogP contribution in [-0.2, 0) is 6.73 Å². The molecule has 2 N–H and O–H groups in total. The summed E-state index contributed by atoms with van der Waals surface area (Å²) in [4.78, 5) is 0. The second-order valence-electron chi connectivity index (χ2n) is 3.16. The van der Waals surface area contributed by atoms with Gasteiger partial charge in [0.1, 0.15) is 5.75 Å². The number of rotatable bonds is 3. The third kappa shape index (κ3) is 3.70. The van der Waals surface area contributed by atoms with Gasteiger partial charge in [-0.1, -0.05) is 23.2 Å². The first-order valence-corrected chi connectivity index (χ1v) is 5.26. The van der Waals surface area contributed by atoms with E-state index in [0.29, 0.717) is 21.5 Å². The number of nitrogens with two attached hydrogens (primary N) is 1. The zero-order valence-corrected chi connectivity index (χ0v) is 11.0. The minimum absolute atomic E-state index is 0. The molecule has 2 aromatic rings. The maximum absolute atomic E-state index is 5.94. The van der Waals surface area contributed by atoms with Gasteiger partial charge in [0.15, 0.2) is 6.73 Å². The molecule has 0 saturated carbocycles. The summed E-state index contributed by atoms with van der Waals surface area (Å²) in [5.74, 6) is 0.556. The van der Waals surface area contributed by atoms with Crippen molar-refractivity contribution in [1.82, 2.24) is 9.78 Å². The highest BCUT2D eigenvalue weighted by Gasteiger charge is 2.02. The van der Waals surface area contributed by atoms with Crippen LogP contribution in [0.25, 0.3) is 0 Å². The molecule has 2 rings (SSSR count). The molecule has 0 atom stereocenters. The molecule has 0 aliphatic rings. The molecule has 0 bridgehead atoms. The van der Waals surface area contributed by atoms with Crippen molar-refractivity contribution in [3.05, 3.63) is 40.6 Å². The van der Waals surface area contributed by atoms with E-state index >= 15 is 0 Å². The fraction of sp³-hybridized carbons (Fsp3) is 0.100. The number of hydrogen-bond acceptors (Lipinski definition) is 3. The monoisotopic (exact) mass is 293 g/mol. The molecule has 0 saturated heterocycles. The number of nitrogens with zero attached hydrogens (tertiary/aromatic N) is 2. The Kier molecular flexibility index (Phi) is 4.93. The van der Waals surface area contributed by atoms with Crippen LogP contribution >= 0.6 is 35.6 Å². The van der Waals surface area contributed by atoms with Crippen LogP contribution < -0.4 is 10.5 Å². The number of ether oxygens (including phenoxy) is 1. The highest BCUT2D eigenvalue weighted by Crippen LogP contribution is 2.27. The molecule has 92 valence electrons. The molecule has 0 aliphatic heterocycles. The molecule has 7 heteroatoms. The van der Waals surface area contributed by atoms with Crippen molar-refractivity contribution in [1.29, 1.82) is 0 Å². The van der Waals surface area contributed by atoms with E-state index in [2.05, 4.69) is 5.10 Å². The molecule has 0 spiro atoms. The Hall–Kier alpha value is -1.10. The maximum atomic E-state index is 5.94. The van der Waals surface area contributed by atoms with Crippen LogP contribution in [0.15, 0.2) is 30.6 Å². The summed E-state index contributed by atoms with van der Waals surface area (Å²) < 4.78 is 7.02. The number of nitrogen functional groups attached to an aromatic ring is 1. The summed E-state index contributed by atoms with van der Waals surface area (Å²) in [6.45, 7) is 0.249. The van der Waals surface area contributed by atoms with Crippen LogP contribution in [0.1, 0.15) is 0 Å². The first kappa shape index (κ1) is 14.0. The molecule has 17 heavy (non-hydrogen) atoms. The predicted octanol–water partition coefficient (Wildman–Crippen LogP) is 3.23. The van der Waals surface area contributed by atoms with Crippen LogP contribution in [0.3, 0.4) is 0 Å². The molecule has 1 heterocycles. The van der Waals surface area contributed by atoms with Gasteiger partial charge in [0.2, 0.25) is 0 Å². The molecule has 0 unspecified atom stereocenters. The topological polar surface area (TPSA) is 53.1 Å². The zero-order valence-electron chi connectivity index (χ0n) is 8.64. The number of halogens is 3. The number of hydrogen-bond donors (Lipinski definition) is 1. The standard InChI is InChI=1S/C10H9Cl2N3O.ClH/c11-7-1-2-10(9(12)3-7)16-6-15-5-8(13)4-14-15;/h1-5H,6,13H2;1H. The Morgan fingerprint density at radius 3 is 2.71 bits per heavy atom. The van der Waals surface area contributed by atoms with Crippen LogP contribution in [-0.4, -0.2) is 9.78 Å². The predicted molar refractivity (Wildman–Crippen MR) is 71.0 cm³/mol.